The number of methoxy groups -OCH3 is 2. The Hall–Kier alpha value is -2.49. The molecule has 0 aromatic heterocycles. The topological polar surface area (TPSA) is 66.4 Å². The molecule has 164 valence electrons. The number of carbonyl (C=O) groups excluding carboxylic acids is 1. The van der Waals surface area contributed by atoms with E-state index in [1.54, 1.807) is 33.2 Å². The molecule has 0 aliphatic carbocycles. The smallest absolute Gasteiger partial charge is 0.241 e. The zero-order valence-corrected chi connectivity index (χ0v) is 20.5. The molecule has 8 heteroatoms. The summed E-state index contributed by atoms with van der Waals surface area (Å²) in [7, 11) is 8.71. The maximum absolute atomic E-state index is 12.0. The fraction of sp³-hybridized carbons (Fsp3) is 0.364. The fourth-order valence-electron chi connectivity index (χ4n) is 2.60. The Kier molecular flexibility index (Phi) is 11.0. The van der Waals surface area contributed by atoms with Crippen LogP contribution in [0.5, 0.6) is 11.5 Å². The van der Waals surface area contributed by atoms with E-state index >= 15 is 0 Å². The van der Waals surface area contributed by atoms with Crippen LogP contribution >= 0.6 is 24.0 Å². The molecule has 1 N–H and O–H groups in total. The number of nitrogens with one attached hydrogen (secondary N) is 1. The molecule has 0 fully saturated rings. The highest BCUT2D eigenvalue weighted by molar-refractivity contribution is 14.0. The molecule has 0 heterocycles. The average Bonchev–Trinajstić information content (AvgIpc) is 2.74. The zero-order valence-electron chi connectivity index (χ0n) is 18.2. The molecule has 30 heavy (non-hydrogen) atoms. The predicted molar refractivity (Wildman–Crippen MR) is 131 cm³/mol. The summed E-state index contributed by atoms with van der Waals surface area (Å²) in [5.41, 5.74) is 2.17. The molecule has 2 aromatic rings. The molecule has 0 atom stereocenters. The van der Waals surface area contributed by atoms with E-state index in [2.05, 4.69) is 5.32 Å². The highest BCUT2D eigenvalue weighted by Gasteiger charge is 2.11. The van der Waals surface area contributed by atoms with E-state index in [1.807, 2.05) is 60.5 Å². The third-order valence-electron chi connectivity index (χ3n) is 4.41. The van der Waals surface area contributed by atoms with Crippen molar-refractivity contribution in [3.8, 4) is 11.5 Å². The number of likely N-dealkylation sites (N-methyl/N-ethyl adjacent to an activating group) is 1. The van der Waals surface area contributed by atoms with Crippen LogP contribution in [0.2, 0.25) is 0 Å². The molecule has 2 rings (SSSR count). The number of halogens is 1. The molecule has 1 amide bonds. The van der Waals surface area contributed by atoms with Crippen molar-refractivity contribution < 1.29 is 14.3 Å². The molecule has 7 nitrogen and oxygen atoms in total. The van der Waals surface area contributed by atoms with Gasteiger partial charge in [0.2, 0.25) is 5.91 Å². The number of rotatable bonds is 8. The van der Waals surface area contributed by atoms with E-state index < -0.39 is 0 Å². The zero-order chi connectivity index (χ0) is 21.2. The lowest BCUT2D eigenvalue weighted by Crippen LogP contribution is -2.43. The summed E-state index contributed by atoms with van der Waals surface area (Å²) in [6.07, 6.45) is 0. The molecule has 0 saturated heterocycles. The van der Waals surface area contributed by atoms with Gasteiger partial charge in [-0.15, -0.1) is 24.0 Å². The highest BCUT2D eigenvalue weighted by atomic mass is 127. The van der Waals surface area contributed by atoms with Crippen LogP contribution in [0.1, 0.15) is 11.1 Å². The van der Waals surface area contributed by atoms with E-state index in [4.69, 9.17) is 14.5 Å². The molecule has 2 aromatic carbocycles. The molecule has 0 radical (unpaired) electrons. The monoisotopic (exact) mass is 526 g/mol. The van der Waals surface area contributed by atoms with Crippen LogP contribution in [0.4, 0.5) is 0 Å². The van der Waals surface area contributed by atoms with Gasteiger partial charge in [0.05, 0.1) is 27.3 Å². The molecule has 0 bridgehead atoms. The van der Waals surface area contributed by atoms with Crippen molar-refractivity contribution in [3.05, 3.63) is 59.7 Å². The van der Waals surface area contributed by atoms with E-state index in [0.29, 0.717) is 19.0 Å². The van der Waals surface area contributed by atoms with Gasteiger partial charge in [-0.1, -0.05) is 24.3 Å². The van der Waals surface area contributed by atoms with Gasteiger partial charge >= 0.3 is 0 Å². The predicted octanol–water partition coefficient (Wildman–Crippen LogP) is 2.99. The van der Waals surface area contributed by atoms with Crippen molar-refractivity contribution in [2.45, 2.75) is 13.1 Å². The Bertz CT molecular complexity index is 808. The Balaban J connectivity index is 0.00000450. The summed E-state index contributed by atoms with van der Waals surface area (Å²) >= 11 is 0. The summed E-state index contributed by atoms with van der Waals surface area (Å²) < 4.78 is 10.4. The Labute approximate surface area is 196 Å². The SMILES string of the molecule is COc1ccc(CN=C(NCC(=O)N(C)C)N(C)Cc2ccc(OC)cc2)cc1.I. The lowest BCUT2D eigenvalue weighted by molar-refractivity contribution is -0.127. The average molecular weight is 526 g/mol. The van der Waals surface area contributed by atoms with Crippen LogP contribution in [0.25, 0.3) is 0 Å². The number of nitrogens with zero attached hydrogens (tertiary/aromatic N) is 3. The first-order valence-corrected chi connectivity index (χ1v) is 9.38. The first-order chi connectivity index (χ1) is 13.9. The van der Waals surface area contributed by atoms with Gasteiger partial charge in [0.1, 0.15) is 11.5 Å². The number of hydrogen-bond donors (Lipinski definition) is 1. The minimum absolute atomic E-state index is 0. The minimum Gasteiger partial charge on any atom is -0.497 e. The van der Waals surface area contributed by atoms with E-state index in [1.165, 1.54) is 0 Å². The quantitative estimate of drug-likeness (QED) is 0.326. The number of guanidine groups is 1. The summed E-state index contributed by atoms with van der Waals surface area (Å²) in [6.45, 7) is 1.32. The lowest BCUT2D eigenvalue weighted by Gasteiger charge is -2.23. The van der Waals surface area contributed by atoms with Gasteiger partial charge in [-0.3, -0.25) is 4.79 Å². The molecule has 0 aliphatic heterocycles. The number of amides is 1. The number of ether oxygens (including phenoxy) is 2. The second-order valence-electron chi connectivity index (χ2n) is 6.83. The number of hydrogen-bond acceptors (Lipinski definition) is 4. The summed E-state index contributed by atoms with van der Waals surface area (Å²) in [5.74, 6) is 2.27. The van der Waals surface area contributed by atoms with Crippen LogP contribution in [0, 0.1) is 0 Å². The minimum atomic E-state index is -0.0139. The second-order valence-corrected chi connectivity index (χ2v) is 6.83. The molecule has 0 spiro atoms. The van der Waals surface area contributed by atoms with Gasteiger partial charge in [0.25, 0.3) is 0 Å². The number of carbonyl (C=O) groups is 1. The van der Waals surface area contributed by atoms with Crippen LogP contribution in [-0.4, -0.2) is 63.6 Å². The van der Waals surface area contributed by atoms with E-state index in [-0.39, 0.29) is 36.4 Å². The number of aliphatic imine (C=N–C) groups is 1. The second kappa shape index (κ2) is 12.9. The lowest BCUT2D eigenvalue weighted by atomic mass is 10.2. The van der Waals surface area contributed by atoms with Crippen molar-refractivity contribution in [1.82, 2.24) is 15.1 Å². The molecule has 0 aliphatic rings. The van der Waals surface area contributed by atoms with Crippen LogP contribution < -0.4 is 14.8 Å². The maximum atomic E-state index is 12.0. The van der Waals surface area contributed by atoms with Crippen molar-refractivity contribution in [2.24, 2.45) is 4.99 Å². The van der Waals surface area contributed by atoms with Crippen molar-refractivity contribution >= 4 is 35.8 Å². The Morgan fingerprint density at radius 1 is 0.900 bits per heavy atom. The third-order valence-corrected chi connectivity index (χ3v) is 4.41. The van der Waals surface area contributed by atoms with Crippen LogP contribution in [-0.2, 0) is 17.9 Å². The third kappa shape index (κ3) is 8.10. The molecule has 0 saturated carbocycles. The molecular formula is C22H31IN4O3. The highest BCUT2D eigenvalue weighted by Crippen LogP contribution is 2.14. The van der Waals surface area contributed by atoms with Crippen molar-refractivity contribution in [2.75, 3.05) is 41.9 Å². The van der Waals surface area contributed by atoms with E-state index in [9.17, 15) is 4.79 Å². The van der Waals surface area contributed by atoms with Crippen LogP contribution in [0.3, 0.4) is 0 Å². The first kappa shape index (κ1) is 25.5. The standard InChI is InChI=1S/C22H30N4O3.HI/c1-25(2)21(27)15-24-22(23-14-17-6-10-19(28-4)11-7-17)26(3)16-18-8-12-20(29-5)13-9-18;/h6-13H,14-16H2,1-5H3,(H,23,24);1H. The van der Waals surface area contributed by atoms with Crippen molar-refractivity contribution in [1.29, 1.82) is 0 Å². The maximum Gasteiger partial charge on any atom is 0.241 e. The largest absolute Gasteiger partial charge is 0.497 e. The van der Waals surface area contributed by atoms with Gasteiger partial charge in [0.15, 0.2) is 5.96 Å². The Morgan fingerprint density at radius 2 is 1.40 bits per heavy atom. The Morgan fingerprint density at radius 3 is 1.87 bits per heavy atom. The molecule has 0 unspecified atom stereocenters. The van der Waals surface area contributed by atoms with Gasteiger partial charge in [-0.25, -0.2) is 4.99 Å². The number of benzene rings is 2. The normalized spacial score (nSPS) is 10.6. The summed E-state index contributed by atoms with van der Waals surface area (Å²) in [6, 6.07) is 15.7. The van der Waals surface area contributed by atoms with Gasteiger partial charge in [-0.05, 0) is 35.4 Å². The van der Waals surface area contributed by atoms with Gasteiger partial charge < -0.3 is 24.6 Å². The van der Waals surface area contributed by atoms with E-state index in [0.717, 1.165) is 22.6 Å². The van der Waals surface area contributed by atoms with Gasteiger partial charge in [-0.2, -0.15) is 0 Å². The van der Waals surface area contributed by atoms with Gasteiger partial charge in [0, 0.05) is 27.7 Å². The molecular weight excluding hydrogens is 495 g/mol. The van der Waals surface area contributed by atoms with Crippen LogP contribution in [0.15, 0.2) is 53.5 Å². The fourth-order valence-corrected chi connectivity index (χ4v) is 2.60. The summed E-state index contributed by atoms with van der Waals surface area (Å²) in [5, 5.41) is 3.17. The first-order valence-electron chi connectivity index (χ1n) is 9.38. The summed E-state index contributed by atoms with van der Waals surface area (Å²) in [4.78, 5) is 20.3. The van der Waals surface area contributed by atoms with Crippen molar-refractivity contribution in [3.63, 3.8) is 0 Å².